The second-order valence-electron chi connectivity index (χ2n) is 8.38. The number of aliphatic carboxylic acids is 1. The van der Waals surface area contributed by atoms with Crippen LogP contribution in [0, 0.1) is 0 Å². The van der Waals surface area contributed by atoms with Gasteiger partial charge in [-0.25, -0.2) is 10.3 Å². The Bertz CT molecular complexity index is 1160. The largest absolute Gasteiger partial charge is 0.480 e. The minimum absolute atomic E-state index is 0.0569. The summed E-state index contributed by atoms with van der Waals surface area (Å²) in [5, 5.41) is 21.4. The number of benzene rings is 2. The fourth-order valence-electron chi connectivity index (χ4n) is 4.57. The van der Waals surface area contributed by atoms with E-state index in [1.807, 2.05) is 24.3 Å². The SMILES string of the molecule is O=C(C/C(=C\c1ccccc1)C(=O)N[C@H]1CCc2cccc3c2N(C1=O)[C@H](C(=O)O)CC3)NO. The van der Waals surface area contributed by atoms with Crippen LogP contribution in [0.4, 0.5) is 5.69 Å². The van der Waals surface area contributed by atoms with Gasteiger partial charge < -0.3 is 10.4 Å². The quantitative estimate of drug-likeness (QED) is 0.293. The predicted octanol–water partition coefficient (Wildman–Crippen LogP) is 1.83. The lowest BCUT2D eigenvalue weighted by Crippen LogP contribution is -2.55. The van der Waals surface area contributed by atoms with Crippen molar-refractivity contribution in [2.75, 3.05) is 4.90 Å². The lowest BCUT2D eigenvalue weighted by molar-refractivity contribution is -0.140. The standard InChI is InChI=1S/C25H25N3O6/c29-21(27-34)14-18(13-15-5-2-1-3-6-15)23(30)26-19-11-9-16-7-4-8-17-10-12-20(25(32)33)28(22(16)17)24(19)31/h1-8,13,19-20,34H,9-12,14H2,(H,26,30)(H,27,29)(H,32,33)/b18-13+/t19-,20-/m0/s1. The third kappa shape index (κ3) is 4.69. The molecule has 2 atom stereocenters. The van der Waals surface area contributed by atoms with Crippen LogP contribution in [0.25, 0.3) is 6.08 Å². The fourth-order valence-corrected chi connectivity index (χ4v) is 4.57. The van der Waals surface area contributed by atoms with Crippen molar-refractivity contribution < 1.29 is 29.5 Å². The summed E-state index contributed by atoms with van der Waals surface area (Å²) in [6.45, 7) is 0. The molecule has 176 valence electrons. The van der Waals surface area contributed by atoms with E-state index < -0.39 is 42.2 Å². The van der Waals surface area contributed by atoms with Crippen molar-refractivity contribution in [3.05, 3.63) is 70.8 Å². The molecular weight excluding hydrogens is 438 g/mol. The van der Waals surface area contributed by atoms with Gasteiger partial charge in [0.25, 0.3) is 0 Å². The zero-order valence-electron chi connectivity index (χ0n) is 18.4. The van der Waals surface area contributed by atoms with Crippen LogP contribution >= 0.6 is 0 Å². The molecule has 0 aromatic heterocycles. The van der Waals surface area contributed by atoms with Crippen LogP contribution < -0.4 is 15.7 Å². The number of carbonyl (C=O) groups excluding carboxylic acids is 3. The number of carbonyl (C=O) groups is 4. The number of carboxylic acid groups (broad SMARTS) is 1. The number of para-hydroxylation sites is 1. The van der Waals surface area contributed by atoms with Crippen molar-refractivity contribution in [1.82, 2.24) is 10.8 Å². The minimum atomic E-state index is -1.09. The molecule has 0 saturated heterocycles. The molecule has 2 heterocycles. The van der Waals surface area contributed by atoms with Gasteiger partial charge in [0.15, 0.2) is 0 Å². The summed E-state index contributed by atoms with van der Waals surface area (Å²) in [6.07, 6.45) is 2.73. The number of nitrogens with one attached hydrogen (secondary N) is 2. The Morgan fingerprint density at radius 2 is 1.68 bits per heavy atom. The molecule has 34 heavy (non-hydrogen) atoms. The van der Waals surface area contributed by atoms with Crippen molar-refractivity contribution in [3.8, 4) is 0 Å². The average Bonchev–Trinajstić information content (AvgIpc) is 2.98. The summed E-state index contributed by atoms with van der Waals surface area (Å²) in [5.74, 6) is -2.99. The van der Waals surface area contributed by atoms with Crippen LogP contribution in [0.3, 0.4) is 0 Å². The van der Waals surface area contributed by atoms with Crippen LogP contribution in [0.15, 0.2) is 54.1 Å². The fraction of sp³-hybridized carbons (Fsp3) is 0.280. The Kier molecular flexibility index (Phi) is 6.74. The van der Waals surface area contributed by atoms with Gasteiger partial charge in [0, 0.05) is 5.57 Å². The molecule has 0 unspecified atom stereocenters. The van der Waals surface area contributed by atoms with Crippen molar-refractivity contribution in [3.63, 3.8) is 0 Å². The number of hydroxylamine groups is 1. The first-order valence-corrected chi connectivity index (χ1v) is 11.0. The molecule has 2 aromatic carbocycles. The lowest BCUT2D eigenvalue weighted by atomic mass is 9.92. The summed E-state index contributed by atoms with van der Waals surface area (Å²) in [4.78, 5) is 51.8. The summed E-state index contributed by atoms with van der Waals surface area (Å²) >= 11 is 0. The normalized spacial score (nSPS) is 19.6. The first kappa shape index (κ1) is 23.2. The molecule has 0 fully saturated rings. The zero-order valence-corrected chi connectivity index (χ0v) is 18.4. The molecule has 0 saturated carbocycles. The molecule has 4 rings (SSSR count). The second kappa shape index (κ2) is 9.88. The third-order valence-corrected chi connectivity index (χ3v) is 6.18. The van der Waals surface area contributed by atoms with Gasteiger partial charge in [0.1, 0.15) is 12.1 Å². The summed E-state index contributed by atoms with van der Waals surface area (Å²) in [5.41, 5.74) is 4.66. The Hall–Kier alpha value is -3.98. The van der Waals surface area contributed by atoms with Crippen LogP contribution in [-0.4, -0.2) is 46.1 Å². The van der Waals surface area contributed by atoms with E-state index in [4.69, 9.17) is 5.21 Å². The second-order valence-corrected chi connectivity index (χ2v) is 8.38. The number of carboxylic acids is 1. The van der Waals surface area contributed by atoms with Gasteiger partial charge in [-0.3, -0.25) is 24.5 Å². The average molecular weight is 463 g/mol. The van der Waals surface area contributed by atoms with Crippen LogP contribution in [0.1, 0.15) is 36.0 Å². The summed E-state index contributed by atoms with van der Waals surface area (Å²) in [6, 6.07) is 12.6. The maximum Gasteiger partial charge on any atom is 0.326 e. The van der Waals surface area contributed by atoms with Gasteiger partial charge in [0.05, 0.1) is 12.1 Å². The number of hydrogen-bond donors (Lipinski definition) is 4. The van der Waals surface area contributed by atoms with E-state index in [1.165, 1.54) is 16.5 Å². The predicted molar refractivity (Wildman–Crippen MR) is 123 cm³/mol. The van der Waals surface area contributed by atoms with Crippen molar-refractivity contribution in [1.29, 1.82) is 0 Å². The van der Waals surface area contributed by atoms with E-state index >= 15 is 0 Å². The Morgan fingerprint density at radius 1 is 1.00 bits per heavy atom. The zero-order chi connectivity index (χ0) is 24.2. The number of rotatable bonds is 6. The monoisotopic (exact) mass is 463 g/mol. The van der Waals surface area contributed by atoms with Crippen LogP contribution in [-0.2, 0) is 32.0 Å². The molecule has 4 N–H and O–H groups in total. The molecule has 3 amide bonds. The van der Waals surface area contributed by atoms with Gasteiger partial charge in [-0.15, -0.1) is 0 Å². The molecule has 0 spiro atoms. The highest BCUT2D eigenvalue weighted by molar-refractivity contribution is 6.08. The maximum atomic E-state index is 13.5. The van der Waals surface area contributed by atoms with E-state index in [0.717, 1.165) is 11.1 Å². The Labute approximate surface area is 196 Å². The number of anilines is 1. The Morgan fingerprint density at radius 3 is 2.32 bits per heavy atom. The van der Waals surface area contributed by atoms with Gasteiger partial charge in [0.2, 0.25) is 17.7 Å². The maximum absolute atomic E-state index is 13.5. The topological polar surface area (TPSA) is 136 Å². The lowest BCUT2D eigenvalue weighted by Gasteiger charge is -2.36. The van der Waals surface area contributed by atoms with Gasteiger partial charge in [-0.2, -0.15) is 0 Å². The molecule has 2 aliphatic heterocycles. The highest BCUT2D eigenvalue weighted by Crippen LogP contribution is 2.37. The van der Waals surface area contributed by atoms with Crippen molar-refractivity contribution in [2.45, 2.75) is 44.2 Å². The first-order valence-electron chi connectivity index (χ1n) is 11.0. The minimum Gasteiger partial charge on any atom is -0.480 e. The first-order chi connectivity index (χ1) is 16.4. The number of amides is 3. The van der Waals surface area contributed by atoms with Crippen molar-refractivity contribution >= 4 is 35.5 Å². The molecule has 0 bridgehead atoms. The van der Waals surface area contributed by atoms with Crippen molar-refractivity contribution in [2.24, 2.45) is 0 Å². The number of nitrogens with zero attached hydrogens (tertiary/aromatic N) is 1. The highest BCUT2D eigenvalue weighted by Gasteiger charge is 2.42. The van der Waals surface area contributed by atoms with E-state index in [-0.39, 0.29) is 18.4 Å². The number of hydrogen-bond acceptors (Lipinski definition) is 5. The summed E-state index contributed by atoms with van der Waals surface area (Å²) in [7, 11) is 0. The van der Waals surface area contributed by atoms with Gasteiger partial charge in [-0.05, 0) is 48.4 Å². The van der Waals surface area contributed by atoms with Gasteiger partial charge >= 0.3 is 5.97 Å². The molecule has 0 aliphatic carbocycles. The molecule has 2 aliphatic rings. The Balaban J connectivity index is 1.64. The molecular formula is C25H25N3O6. The van der Waals surface area contributed by atoms with Crippen LogP contribution in [0.5, 0.6) is 0 Å². The van der Waals surface area contributed by atoms with Gasteiger partial charge in [-0.1, -0.05) is 48.5 Å². The van der Waals surface area contributed by atoms with Crippen LogP contribution in [0.2, 0.25) is 0 Å². The van der Waals surface area contributed by atoms with E-state index in [2.05, 4.69) is 5.32 Å². The van der Waals surface area contributed by atoms with E-state index in [1.54, 1.807) is 24.3 Å². The molecule has 0 radical (unpaired) electrons. The highest BCUT2D eigenvalue weighted by atomic mass is 16.5. The van der Waals surface area contributed by atoms with E-state index in [9.17, 15) is 24.3 Å². The number of aryl methyl sites for hydroxylation is 2. The third-order valence-electron chi connectivity index (χ3n) is 6.18. The molecule has 9 heteroatoms. The summed E-state index contributed by atoms with van der Waals surface area (Å²) < 4.78 is 0. The molecule has 2 aromatic rings. The smallest absolute Gasteiger partial charge is 0.326 e. The molecule has 9 nitrogen and oxygen atoms in total. The van der Waals surface area contributed by atoms with E-state index in [0.29, 0.717) is 24.1 Å².